The fraction of sp³-hybridized carbons (Fsp3) is 0.455. The Labute approximate surface area is 164 Å². The number of hydrogen-bond donors (Lipinski definition) is 1. The summed E-state index contributed by atoms with van der Waals surface area (Å²) in [4.78, 5) is 21.3. The van der Waals surface area contributed by atoms with Gasteiger partial charge in [-0.3, -0.25) is 4.90 Å². The van der Waals surface area contributed by atoms with Crippen molar-refractivity contribution in [3.63, 3.8) is 0 Å². The van der Waals surface area contributed by atoms with Crippen LogP contribution in [-0.2, 0) is 0 Å². The number of benzene rings is 1. The molecule has 0 saturated carbocycles. The molecule has 6 heteroatoms. The molecule has 0 aliphatic carbocycles. The molecule has 6 nitrogen and oxygen atoms in total. The number of methoxy groups -OCH3 is 1. The molecular weight excluding hydrogens is 354 g/mol. The van der Waals surface area contributed by atoms with Gasteiger partial charge in [0.2, 0.25) is 0 Å². The fourth-order valence-corrected chi connectivity index (χ4v) is 5.70. The van der Waals surface area contributed by atoms with Crippen molar-refractivity contribution in [2.45, 2.75) is 30.8 Å². The molecule has 28 heavy (non-hydrogen) atoms. The van der Waals surface area contributed by atoms with Crippen LogP contribution in [0.4, 0.5) is 5.82 Å². The maximum Gasteiger partial charge on any atom is 0.339 e. The van der Waals surface area contributed by atoms with Crippen molar-refractivity contribution in [3.05, 3.63) is 53.7 Å². The highest BCUT2D eigenvalue weighted by Crippen LogP contribution is 2.49. The van der Waals surface area contributed by atoms with Crippen molar-refractivity contribution in [2.24, 2.45) is 5.92 Å². The minimum atomic E-state index is -0.915. The van der Waals surface area contributed by atoms with E-state index in [2.05, 4.69) is 26.9 Å². The Morgan fingerprint density at radius 3 is 2.68 bits per heavy atom. The highest BCUT2D eigenvalue weighted by molar-refractivity contribution is 5.93. The first kappa shape index (κ1) is 17.5. The van der Waals surface area contributed by atoms with Crippen molar-refractivity contribution >= 4 is 11.8 Å². The Morgan fingerprint density at radius 2 is 1.93 bits per heavy atom. The molecule has 5 heterocycles. The highest BCUT2D eigenvalue weighted by Gasteiger charge is 2.54. The first-order valence-electron chi connectivity index (χ1n) is 10.0. The molecule has 2 bridgehead atoms. The maximum absolute atomic E-state index is 11.9. The van der Waals surface area contributed by atoms with E-state index in [4.69, 9.17) is 4.74 Å². The number of aromatic carboxylic acids is 1. The lowest BCUT2D eigenvalue weighted by Gasteiger charge is -2.51. The topological polar surface area (TPSA) is 65.9 Å². The van der Waals surface area contributed by atoms with Crippen molar-refractivity contribution in [2.75, 3.05) is 31.6 Å². The molecule has 6 rings (SSSR count). The van der Waals surface area contributed by atoms with Gasteiger partial charge >= 0.3 is 5.97 Å². The van der Waals surface area contributed by atoms with Gasteiger partial charge in [-0.1, -0.05) is 18.2 Å². The van der Waals surface area contributed by atoms with Crippen LogP contribution in [0.2, 0.25) is 0 Å². The molecule has 2 aromatic rings. The number of ether oxygens (including phenoxy) is 1. The molecule has 4 fully saturated rings. The van der Waals surface area contributed by atoms with Crippen molar-refractivity contribution < 1.29 is 14.6 Å². The fourth-order valence-electron chi connectivity index (χ4n) is 5.70. The number of carbonyl (C=O) groups is 1. The summed E-state index contributed by atoms with van der Waals surface area (Å²) in [5.41, 5.74) is 1.50. The number of nitrogens with zero attached hydrogens (tertiary/aromatic N) is 3. The van der Waals surface area contributed by atoms with Gasteiger partial charge in [-0.25, -0.2) is 9.78 Å². The number of pyridine rings is 1. The van der Waals surface area contributed by atoms with E-state index in [-0.39, 0.29) is 5.92 Å². The van der Waals surface area contributed by atoms with Gasteiger partial charge in [0.1, 0.15) is 17.1 Å². The van der Waals surface area contributed by atoms with Gasteiger partial charge < -0.3 is 14.7 Å². The van der Waals surface area contributed by atoms with Gasteiger partial charge in [0.05, 0.1) is 7.11 Å². The molecule has 3 atom stereocenters. The van der Waals surface area contributed by atoms with Crippen LogP contribution in [0.1, 0.15) is 34.7 Å². The lowest BCUT2D eigenvalue weighted by atomic mass is 9.75. The molecule has 4 aliphatic heterocycles. The number of anilines is 1. The molecule has 1 aromatic carbocycles. The summed E-state index contributed by atoms with van der Waals surface area (Å²) >= 11 is 0. The van der Waals surface area contributed by atoms with Crippen LogP contribution in [0.5, 0.6) is 5.75 Å². The number of carboxylic acids is 1. The van der Waals surface area contributed by atoms with Gasteiger partial charge in [-0.05, 0) is 50.0 Å². The second-order valence-corrected chi connectivity index (χ2v) is 8.04. The summed E-state index contributed by atoms with van der Waals surface area (Å²) in [6.45, 7) is 3.01. The molecule has 4 saturated heterocycles. The predicted molar refractivity (Wildman–Crippen MR) is 106 cm³/mol. The third-order valence-corrected chi connectivity index (χ3v) is 6.82. The molecule has 0 radical (unpaired) electrons. The predicted octanol–water partition coefficient (Wildman–Crippen LogP) is 2.86. The van der Waals surface area contributed by atoms with E-state index in [9.17, 15) is 9.90 Å². The number of hydrogen-bond acceptors (Lipinski definition) is 5. The van der Waals surface area contributed by atoms with Crippen LogP contribution >= 0.6 is 0 Å². The molecule has 146 valence electrons. The average molecular weight is 379 g/mol. The zero-order valence-corrected chi connectivity index (χ0v) is 16.0. The number of aromatic nitrogens is 1. The average Bonchev–Trinajstić information content (AvgIpc) is 3.17. The SMILES string of the molecule is COc1ccccc1[C@@H]1CN(c2ncccc2C(=O)O)[C@H]2C3CCN(CC3)[C@@H]12. The number of para-hydroxylation sites is 1. The monoisotopic (exact) mass is 379 g/mol. The summed E-state index contributed by atoms with van der Waals surface area (Å²) in [5, 5.41) is 9.72. The van der Waals surface area contributed by atoms with Gasteiger partial charge in [-0.15, -0.1) is 0 Å². The first-order chi connectivity index (χ1) is 13.7. The van der Waals surface area contributed by atoms with Gasteiger partial charge in [0.15, 0.2) is 0 Å². The molecule has 0 spiro atoms. The Hall–Kier alpha value is -2.60. The van der Waals surface area contributed by atoms with Crippen molar-refractivity contribution in [1.29, 1.82) is 0 Å². The zero-order valence-electron chi connectivity index (χ0n) is 16.0. The van der Waals surface area contributed by atoms with Crippen LogP contribution in [0.25, 0.3) is 0 Å². The number of carboxylic acid groups (broad SMARTS) is 1. The summed E-state index contributed by atoms with van der Waals surface area (Å²) in [7, 11) is 1.72. The highest BCUT2D eigenvalue weighted by atomic mass is 16.5. The second-order valence-electron chi connectivity index (χ2n) is 8.04. The zero-order chi connectivity index (χ0) is 19.3. The quantitative estimate of drug-likeness (QED) is 0.881. The van der Waals surface area contributed by atoms with E-state index >= 15 is 0 Å². The largest absolute Gasteiger partial charge is 0.496 e. The van der Waals surface area contributed by atoms with E-state index in [1.165, 1.54) is 18.4 Å². The van der Waals surface area contributed by atoms with Crippen LogP contribution in [0.15, 0.2) is 42.6 Å². The number of rotatable bonds is 4. The lowest BCUT2D eigenvalue weighted by Crippen LogP contribution is -2.60. The molecule has 1 aromatic heterocycles. The van der Waals surface area contributed by atoms with Crippen LogP contribution in [0, 0.1) is 5.92 Å². The number of piperidine rings is 3. The molecule has 0 unspecified atom stereocenters. The van der Waals surface area contributed by atoms with Gasteiger partial charge in [0.25, 0.3) is 0 Å². The van der Waals surface area contributed by atoms with E-state index < -0.39 is 5.97 Å². The molecule has 4 aliphatic rings. The van der Waals surface area contributed by atoms with Crippen molar-refractivity contribution in [1.82, 2.24) is 9.88 Å². The molecule has 1 N–H and O–H groups in total. The standard InChI is InChI=1S/C22H25N3O3/c1-28-18-7-3-2-5-15(18)17-13-25(21-16(22(26)27)6-4-10-23-21)19-14-8-11-24(12-9-14)20(17)19/h2-7,10,14,17,19-20H,8-9,11-13H2,1H3,(H,26,27)/t17-,19-,20-/m0/s1. The lowest BCUT2D eigenvalue weighted by molar-refractivity contribution is 0.0351. The smallest absolute Gasteiger partial charge is 0.339 e. The van der Waals surface area contributed by atoms with E-state index in [0.29, 0.717) is 29.4 Å². The van der Waals surface area contributed by atoms with E-state index in [1.807, 2.05) is 12.1 Å². The number of fused-ring (bicyclic) bond motifs is 2. The minimum absolute atomic E-state index is 0.271. The Morgan fingerprint density at radius 1 is 1.14 bits per heavy atom. The summed E-state index contributed by atoms with van der Waals surface area (Å²) in [5.74, 6) is 1.46. The van der Waals surface area contributed by atoms with Gasteiger partial charge in [-0.2, -0.15) is 0 Å². The third kappa shape index (κ3) is 2.58. The Balaban J connectivity index is 1.61. The summed E-state index contributed by atoms with van der Waals surface area (Å²) < 4.78 is 5.67. The van der Waals surface area contributed by atoms with Crippen LogP contribution < -0.4 is 9.64 Å². The van der Waals surface area contributed by atoms with E-state index in [1.54, 1.807) is 25.4 Å². The van der Waals surface area contributed by atoms with Crippen LogP contribution in [-0.4, -0.2) is 59.8 Å². The first-order valence-corrected chi connectivity index (χ1v) is 10.0. The third-order valence-electron chi connectivity index (χ3n) is 6.82. The minimum Gasteiger partial charge on any atom is -0.496 e. The normalized spacial score (nSPS) is 30.9. The van der Waals surface area contributed by atoms with Crippen LogP contribution in [0.3, 0.4) is 0 Å². The van der Waals surface area contributed by atoms with Gasteiger partial charge in [0, 0.05) is 36.3 Å². The Kier molecular flexibility index (Phi) is 4.23. The summed E-state index contributed by atoms with van der Waals surface area (Å²) in [6.07, 6.45) is 4.05. The Bertz CT molecular complexity index is 894. The van der Waals surface area contributed by atoms with Crippen molar-refractivity contribution in [3.8, 4) is 5.75 Å². The maximum atomic E-state index is 11.9. The van der Waals surface area contributed by atoms with E-state index in [0.717, 1.165) is 25.4 Å². The summed E-state index contributed by atoms with van der Waals surface area (Å²) in [6, 6.07) is 12.3. The second kappa shape index (κ2) is 6.78. The molecular formula is C22H25N3O3. The molecule has 0 amide bonds.